The molecule has 0 aliphatic rings. The van der Waals surface area contributed by atoms with Crippen molar-refractivity contribution in [1.82, 2.24) is 4.98 Å². The highest BCUT2D eigenvalue weighted by atomic mass is 35.5. The first kappa shape index (κ1) is 9.80. The summed E-state index contributed by atoms with van der Waals surface area (Å²) < 4.78 is 4.53. The molecule has 0 saturated carbocycles. The van der Waals surface area contributed by atoms with Crippen LogP contribution in [0, 0.1) is 6.92 Å². The second kappa shape index (κ2) is 3.62. The van der Waals surface area contributed by atoms with Gasteiger partial charge in [-0.15, -0.1) is 0 Å². The number of aryl methyl sites for hydroxylation is 1. The molecule has 2 N–H and O–H groups in total. The molecule has 1 aromatic heterocycles. The van der Waals surface area contributed by atoms with Crippen molar-refractivity contribution in [3.05, 3.63) is 22.3 Å². The molecule has 4 nitrogen and oxygen atoms in total. The second-order valence-electron chi connectivity index (χ2n) is 2.48. The molecular formula is C8H9ClN2O2. The fraction of sp³-hybridized carbons (Fsp3) is 0.250. The number of ether oxygens (including phenoxy) is 1. The predicted molar refractivity (Wildman–Crippen MR) is 49.7 cm³/mol. The van der Waals surface area contributed by atoms with Gasteiger partial charge in [-0.25, -0.2) is 9.78 Å². The van der Waals surface area contributed by atoms with Crippen LogP contribution in [0.1, 0.15) is 16.1 Å². The van der Waals surface area contributed by atoms with Crippen LogP contribution in [0.4, 0.5) is 5.82 Å². The smallest absolute Gasteiger partial charge is 0.341 e. The van der Waals surface area contributed by atoms with Crippen molar-refractivity contribution in [2.75, 3.05) is 12.8 Å². The molecule has 0 bridgehead atoms. The first-order valence-electron chi connectivity index (χ1n) is 3.57. The van der Waals surface area contributed by atoms with E-state index in [1.165, 1.54) is 13.2 Å². The Morgan fingerprint density at radius 3 is 2.77 bits per heavy atom. The minimum absolute atomic E-state index is 0.261. The summed E-state index contributed by atoms with van der Waals surface area (Å²) in [6, 6.07) is 1.42. The Bertz CT molecular complexity index is 329. The van der Waals surface area contributed by atoms with E-state index >= 15 is 0 Å². The van der Waals surface area contributed by atoms with Crippen LogP contribution in [0.15, 0.2) is 6.07 Å². The minimum atomic E-state index is -0.505. The van der Waals surface area contributed by atoms with Gasteiger partial charge in [-0.2, -0.15) is 0 Å². The summed E-state index contributed by atoms with van der Waals surface area (Å²) >= 11 is 5.79. The molecule has 0 unspecified atom stereocenters. The number of methoxy groups -OCH3 is 1. The summed E-state index contributed by atoms with van der Waals surface area (Å²) in [5, 5.41) is 0.261. The first-order valence-corrected chi connectivity index (χ1v) is 3.95. The number of carbonyl (C=O) groups is 1. The van der Waals surface area contributed by atoms with Crippen molar-refractivity contribution in [1.29, 1.82) is 0 Å². The predicted octanol–water partition coefficient (Wildman–Crippen LogP) is 1.41. The van der Waals surface area contributed by atoms with Crippen LogP contribution < -0.4 is 5.73 Å². The van der Waals surface area contributed by atoms with E-state index in [1.54, 1.807) is 6.92 Å². The summed E-state index contributed by atoms with van der Waals surface area (Å²) in [5.41, 5.74) is 6.15. The van der Waals surface area contributed by atoms with Crippen molar-refractivity contribution in [3.63, 3.8) is 0 Å². The highest BCUT2D eigenvalue weighted by molar-refractivity contribution is 6.33. The number of nitrogen functional groups attached to an aromatic ring is 1. The maximum atomic E-state index is 11.2. The molecule has 70 valence electrons. The lowest BCUT2D eigenvalue weighted by Crippen LogP contribution is -2.07. The lowest BCUT2D eigenvalue weighted by molar-refractivity contribution is 0.0599. The maximum absolute atomic E-state index is 11.2. The largest absolute Gasteiger partial charge is 0.465 e. The number of hydrogen-bond donors (Lipinski definition) is 1. The van der Waals surface area contributed by atoms with Gasteiger partial charge in [-0.3, -0.25) is 0 Å². The number of rotatable bonds is 1. The van der Waals surface area contributed by atoms with Crippen LogP contribution in [0.25, 0.3) is 0 Å². The topological polar surface area (TPSA) is 65.2 Å². The second-order valence-corrected chi connectivity index (χ2v) is 2.89. The van der Waals surface area contributed by atoms with E-state index in [0.717, 1.165) is 0 Å². The summed E-state index contributed by atoms with van der Waals surface area (Å²) in [6.45, 7) is 1.65. The SMILES string of the molecule is COC(=O)c1c(Cl)cc(N)nc1C. The number of anilines is 1. The van der Waals surface area contributed by atoms with Crippen LogP contribution in [-0.2, 0) is 4.74 Å². The van der Waals surface area contributed by atoms with Gasteiger partial charge >= 0.3 is 5.97 Å². The van der Waals surface area contributed by atoms with Gasteiger partial charge in [0.2, 0.25) is 0 Å². The van der Waals surface area contributed by atoms with Crippen LogP contribution in [0.5, 0.6) is 0 Å². The summed E-state index contributed by atoms with van der Waals surface area (Å²) in [5.74, 6) is -0.217. The van der Waals surface area contributed by atoms with E-state index in [-0.39, 0.29) is 16.4 Å². The van der Waals surface area contributed by atoms with Crippen LogP contribution in [-0.4, -0.2) is 18.1 Å². The molecule has 5 heteroatoms. The molecule has 0 atom stereocenters. The van der Waals surface area contributed by atoms with Crippen molar-refractivity contribution >= 4 is 23.4 Å². The summed E-state index contributed by atoms with van der Waals surface area (Å²) in [7, 11) is 1.29. The molecule has 0 aliphatic carbocycles. The van der Waals surface area contributed by atoms with E-state index < -0.39 is 5.97 Å². The Hall–Kier alpha value is -1.29. The Kier molecular flexibility index (Phi) is 2.72. The Labute approximate surface area is 80.7 Å². The average Bonchev–Trinajstić information content (AvgIpc) is 2.02. The fourth-order valence-corrected chi connectivity index (χ4v) is 1.33. The lowest BCUT2D eigenvalue weighted by Gasteiger charge is -2.05. The standard InChI is InChI=1S/C8H9ClN2O2/c1-4-7(8(12)13-2)5(9)3-6(10)11-4/h3H,1-2H3,(H2,10,11). The number of aromatic nitrogens is 1. The number of esters is 1. The molecule has 0 radical (unpaired) electrons. The van der Waals surface area contributed by atoms with E-state index in [9.17, 15) is 4.79 Å². The van der Waals surface area contributed by atoms with E-state index in [0.29, 0.717) is 5.69 Å². The van der Waals surface area contributed by atoms with Gasteiger partial charge in [0, 0.05) is 0 Å². The molecule has 1 aromatic rings. The Morgan fingerprint density at radius 1 is 1.69 bits per heavy atom. The van der Waals surface area contributed by atoms with E-state index in [4.69, 9.17) is 17.3 Å². The zero-order valence-electron chi connectivity index (χ0n) is 7.30. The van der Waals surface area contributed by atoms with Crippen LogP contribution in [0.2, 0.25) is 5.02 Å². The number of nitrogens with two attached hydrogens (primary N) is 1. The number of nitrogens with zero attached hydrogens (tertiary/aromatic N) is 1. The van der Waals surface area contributed by atoms with Crippen molar-refractivity contribution in [2.45, 2.75) is 6.92 Å². The number of pyridine rings is 1. The summed E-state index contributed by atoms with van der Waals surface area (Å²) in [6.07, 6.45) is 0. The Morgan fingerprint density at radius 2 is 2.31 bits per heavy atom. The molecule has 0 spiro atoms. The van der Waals surface area contributed by atoms with Crippen molar-refractivity contribution in [3.8, 4) is 0 Å². The molecule has 0 aromatic carbocycles. The zero-order valence-corrected chi connectivity index (χ0v) is 8.05. The van der Waals surface area contributed by atoms with E-state index in [2.05, 4.69) is 9.72 Å². The van der Waals surface area contributed by atoms with Gasteiger partial charge in [0.15, 0.2) is 0 Å². The van der Waals surface area contributed by atoms with Gasteiger partial charge in [0.05, 0.1) is 23.4 Å². The van der Waals surface area contributed by atoms with Crippen LogP contribution in [0.3, 0.4) is 0 Å². The number of carbonyl (C=O) groups excluding carboxylic acids is 1. The highest BCUT2D eigenvalue weighted by Crippen LogP contribution is 2.21. The van der Waals surface area contributed by atoms with Crippen LogP contribution >= 0.6 is 11.6 Å². The molecule has 1 rings (SSSR count). The minimum Gasteiger partial charge on any atom is -0.465 e. The quantitative estimate of drug-likeness (QED) is 0.697. The molecular weight excluding hydrogens is 192 g/mol. The van der Waals surface area contributed by atoms with E-state index in [1.807, 2.05) is 0 Å². The van der Waals surface area contributed by atoms with Gasteiger partial charge in [-0.1, -0.05) is 11.6 Å². The molecule has 13 heavy (non-hydrogen) atoms. The number of halogens is 1. The van der Waals surface area contributed by atoms with Gasteiger partial charge < -0.3 is 10.5 Å². The summed E-state index contributed by atoms with van der Waals surface area (Å²) in [4.78, 5) is 15.1. The molecule has 0 fully saturated rings. The highest BCUT2D eigenvalue weighted by Gasteiger charge is 2.15. The lowest BCUT2D eigenvalue weighted by atomic mass is 10.2. The Balaban J connectivity index is 3.28. The third kappa shape index (κ3) is 1.89. The van der Waals surface area contributed by atoms with Gasteiger partial charge in [-0.05, 0) is 13.0 Å². The first-order chi connectivity index (χ1) is 6.06. The van der Waals surface area contributed by atoms with Crippen molar-refractivity contribution in [2.24, 2.45) is 0 Å². The third-order valence-corrected chi connectivity index (χ3v) is 1.86. The fourth-order valence-electron chi connectivity index (χ4n) is 1.00. The molecule has 0 saturated heterocycles. The van der Waals surface area contributed by atoms with Gasteiger partial charge in [0.25, 0.3) is 0 Å². The zero-order chi connectivity index (χ0) is 10.0. The molecule has 0 aliphatic heterocycles. The molecule has 0 amide bonds. The van der Waals surface area contributed by atoms with Gasteiger partial charge in [0.1, 0.15) is 5.82 Å². The maximum Gasteiger partial charge on any atom is 0.341 e. The van der Waals surface area contributed by atoms with Crippen molar-refractivity contribution < 1.29 is 9.53 Å². The average molecular weight is 201 g/mol. The third-order valence-electron chi connectivity index (χ3n) is 1.56. The number of hydrogen-bond acceptors (Lipinski definition) is 4. The normalized spacial score (nSPS) is 9.77. The monoisotopic (exact) mass is 200 g/mol. The molecule has 1 heterocycles.